The van der Waals surface area contributed by atoms with Crippen molar-refractivity contribution in [3.05, 3.63) is 46.2 Å². The number of thiazole rings is 2. The zero-order chi connectivity index (χ0) is 12.4. The zero-order valence-electron chi connectivity index (χ0n) is 9.13. The molecule has 3 aromatic rings. The summed E-state index contributed by atoms with van der Waals surface area (Å²) in [5.74, 6) is 0. The van der Waals surface area contributed by atoms with Gasteiger partial charge < -0.3 is 5.32 Å². The number of halogens is 1. The van der Waals surface area contributed by atoms with Gasteiger partial charge in [-0.15, -0.1) is 22.7 Å². The molecule has 0 fully saturated rings. The highest BCUT2D eigenvalue weighted by atomic mass is 35.5. The van der Waals surface area contributed by atoms with Crippen molar-refractivity contribution in [2.24, 2.45) is 0 Å². The van der Waals surface area contributed by atoms with E-state index in [1.165, 1.54) is 11.3 Å². The summed E-state index contributed by atoms with van der Waals surface area (Å²) in [6.45, 7) is 0. The van der Waals surface area contributed by atoms with Gasteiger partial charge in [-0.2, -0.15) is 0 Å². The SMILES string of the molecule is Clc1ccccc1Nc1nc(-c2nccs2)cs1. The van der Waals surface area contributed by atoms with Gasteiger partial charge in [0.25, 0.3) is 0 Å². The Kier molecular flexibility index (Phi) is 3.27. The second kappa shape index (κ2) is 5.06. The van der Waals surface area contributed by atoms with Gasteiger partial charge in [-0.3, -0.25) is 0 Å². The van der Waals surface area contributed by atoms with Gasteiger partial charge in [-0.25, -0.2) is 9.97 Å². The van der Waals surface area contributed by atoms with Gasteiger partial charge in [0.15, 0.2) is 5.13 Å². The number of nitrogens with one attached hydrogen (secondary N) is 1. The van der Waals surface area contributed by atoms with Gasteiger partial charge in [-0.05, 0) is 12.1 Å². The van der Waals surface area contributed by atoms with Crippen molar-refractivity contribution in [2.75, 3.05) is 5.32 Å². The molecule has 3 rings (SSSR count). The van der Waals surface area contributed by atoms with E-state index < -0.39 is 0 Å². The van der Waals surface area contributed by atoms with Crippen LogP contribution in [-0.4, -0.2) is 9.97 Å². The number of anilines is 2. The molecule has 0 saturated heterocycles. The van der Waals surface area contributed by atoms with Crippen LogP contribution in [0.15, 0.2) is 41.2 Å². The van der Waals surface area contributed by atoms with Crippen LogP contribution in [0.3, 0.4) is 0 Å². The highest BCUT2D eigenvalue weighted by Gasteiger charge is 2.07. The quantitative estimate of drug-likeness (QED) is 0.763. The standard InChI is InChI=1S/C12H8ClN3S2/c13-8-3-1-2-4-9(8)15-12-16-10(7-18-12)11-14-5-6-17-11/h1-7H,(H,15,16). The Bertz CT molecular complexity index is 649. The molecule has 0 bridgehead atoms. The Morgan fingerprint density at radius 1 is 1.17 bits per heavy atom. The molecule has 18 heavy (non-hydrogen) atoms. The van der Waals surface area contributed by atoms with Crippen LogP contribution in [-0.2, 0) is 0 Å². The van der Waals surface area contributed by atoms with E-state index in [4.69, 9.17) is 11.6 Å². The molecule has 0 saturated carbocycles. The summed E-state index contributed by atoms with van der Waals surface area (Å²) in [6.07, 6.45) is 1.78. The highest BCUT2D eigenvalue weighted by molar-refractivity contribution is 7.15. The first-order valence-corrected chi connectivity index (χ1v) is 7.33. The molecule has 0 spiro atoms. The van der Waals surface area contributed by atoms with Crippen LogP contribution in [0.25, 0.3) is 10.7 Å². The molecule has 0 aliphatic rings. The minimum atomic E-state index is 0.684. The Morgan fingerprint density at radius 2 is 2.06 bits per heavy atom. The predicted molar refractivity (Wildman–Crippen MR) is 78.0 cm³/mol. The summed E-state index contributed by atoms with van der Waals surface area (Å²) in [4.78, 5) is 8.72. The lowest BCUT2D eigenvalue weighted by Gasteiger charge is -2.03. The number of para-hydroxylation sites is 1. The molecule has 0 aliphatic heterocycles. The molecule has 2 aromatic heterocycles. The monoisotopic (exact) mass is 293 g/mol. The molecule has 6 heteroatoms. The van der Waals surface area contributed by atoms with Gasteiger partial charge in [0.2, 0.25) is 0 Å². The van der Waals surface area contributed by atoms with Crippen molar-refractivity contribution in [1.29, 1.82) is 0 Å². The van der Waals surface area contributed by atoms with Gasteiger partial charge in [0.1, 0.15) is 10.7 Å². The van der Waals surface area contributed by atoms with Crippen molar-refractivity contribution < 1.29 is 0 Å². The zero-order valence-corrected chi connectivity index (χ0v) is 11.5. The summed E-state index contributed by atoms with van der Waals surface area (Å²) in [5, 5.41) is 9.56. The Morgan fingerprint density at radius 3 is 2.83 bits per heavy atom. The fourth-order valence-corrected chi connectivity index (χ4v) is 3.02. The lowest BCUT2D eigenvalue weighted by atomic mass is 10.3. The van der Waals surface area contributed by atoms with Crippen LogP contribution in [0.2, 0.25) is 5.02 Å². The number of aromatic nitrogens is 2. The van der Waals surface area contributed by atoms with Crippen molar-refractivity contribution in [2.45, 2.75) is 0 Å². The molecule has 90 valence electrons. The minimum Gasteiger partial charge on any atom is -0.330 e. The van der Waals surface area contributed by atoms with Crippen molar-refractivity contribution >= 4 is 45.1 Å². The molecule has 0 amide bonds. The molecular formula is C12H8ClN3S2. The lowest BCUT2D eigenvalue weighted by molar-refractivity contribution is 1.33. The first kappa shape index (κ1) is 11.6. The van der Waals surface area contributed by atoms with Crippen molar-refractivity contribution in [3.63, 3.8) is 0 Å². The van der Waals surface area contributed by atoms with E-state index in [-0.39, 0.29) is 0 Å². The number of rotatable bonds is 3. The van der Waals surface area contributed by atoms with Crippen LogP contribution in [0.4, 0.5) is 10.8 Å². The lowest BCUT2D eigenvalue weighted by Crippen LogP contribution is -1.90. The van der Waals surface area contributed by atoms with Gasteiger partial charge in [0.05, 0.1) is 10.7 Å². The number of nitrogens with zero attached hydrogens (tertiary/aromatic N) is 2. The van der Waals surface area contributed by atoms with E-state index in [0.29, 0.717) is 5.02 Å². The molecule has 2 heterocycles. The number of hydrogen-bond acceptors (Lipinski definition) is 5. The highest BCUT2D eigenvalue weighted by Crippen LogP contribution is 2.30. The molecule has 1 N–H and O–H groups in total. The van der Waals surface area contributed by atoms with E-state index in [1.807, 2.05) is 35.0 Å². The topological polar surface area (TPSA) is 37.8 Å². The van der Waals surface area contributed by atoms with Gasteiger partial charge >= 0.3 is 0 Å². The van der Waals surface area contributed by atoms with E-state index in [0.717, 1.165) is 21.5 Å². The third kappa shape index (κ3) is 2.38. The fourth-order valence-electron chi connectivity index (χ4n) is 1.46. The summed E-state index contributed by atoms with van der Waals surface area (Å²) >= 11 is 9.20. The normalized spacial score (nSPS) is 10.5. The third-order valence-corrected chi connectivity index (χ3v) is 4.15. The van der Waals surface area contributed by atoms with Crippen LogP contribution in [0, 0.1) is 0 Å². The molecular weight excluding hydrogens is 286 g/mol. The Hall–Kier alpha value is -1.43. The van der Waals surface area contributed by atoms with Crippen LogP contribution in [0.5, 0.6) is 0 Å². The molecule has 0 atom stereocenters. The van der Waals surface area contributed by atoms with Crippen molar-refractivity contribution in [3.8, 4) is 10.7 Å². The second-order valence-electron chi connectivity index (χ2n) is 3.48. The largest absolute Gasteiger partial charge is 0.330 e. The molecule has 0 aliphatic carbocycles. The fraction of sp³-hybridized carbons (Fsp3) is 0. The number of benzene rings is 1. The molecule has 0 unspecified atom stereocenters. The Balaban J connectivity index is 1.85. The minimum absolute atomic E-state index is 0.684. The predicted octanol–water partition coefficient (Wildman–Crippen LogP) is 4.66. The average molecular weight is 294 g/mol. The maximum absolute atomic E-state index is 6.08. The second-order valence-corrected chi connectivity index (χ2v) is 5.64. The maximum atomic E-state index is 6.08. The first-order chi connectivity index (χ1) is 8.83. The average Bonchev–Trinajstić information content (AvgIpc) is 3.02. The number of hydrogen-bond donors (Lipinski definition) is 1. The molecule has 1 aromatic carbocycles. The van der Waals surface area contributed by atoms with E-state index in [9.17, 15) is 0 Å². The van der Waals surface area contributed by atoms with Crippen LogP contribution in [0.1, 0.15) is 0 Å². The van der Waals surface area contributed by atoms with Gasteiger partial charge in [0, 0.05) is 17.0 Å². The molecule has 3 nitrogen and oxygen atoms in total. The van der Waals surface area contributed by atoms with Crippen molar-refractivity contribution in [1.82, 2.24) is 9.97 Å². The van der Waals surface area contributed by atoms with Crippen LogP contribution >= 0.6 is 34.3 Å². The van der Waals surface area contributed by atoms with Gasteiger partial charge in [-0.1, -0.05) is 23.7 Å². The van der Waals surface area contributed by atoms with E-state index in [1.54, 1.807) is 17.5 Å². The first-order valence-electron chi connectivity index (χ1n) is 5.20. The summed E-state index contributed by atoms with van der Waals surface area (Å²) < 4.78 is 0. The van der Waals surface area contributed by atoms with E-state index >= 15 is 0 Å². The smallest absolute Gasteiger partial charge is 0.187 e. The maximum Gasteiger partial charge on any atom is 0.187 e. The van der Waals surface area contributed by atoms with E-state index in [2.05, 4.69) is 15.3 Å². The summed E-state index contributed by atoms with van der Waals surface area (Å²) in [5.41, 5.74) is 1.75. The Labute approximate surface area is 117 Å². The summed E-state index contributed by atoms with van der Waals surface area (Å²) in [7, 11) is 0. The summed E-state index contributed by atoms with van der Waals surface area (Å²) in [6, 6.07) is 7.60. The molecule has 0 radical (unpaired) electrons. The third-order valence-electron chi connectivity index (χ3n) is 2.27. The van der Waals surface area contributed by atoms with Crippen LogP contribution < -0.4 is 5.32 Å².